The Morgan fingerprint density at radius 2 is 1.80 bits per heavy atom. The van der Waals surface area contributed by atoms with Crippen LogP contribution in [0, 0.1) is 0 Å². The van der Waals surface area contributed by atoms with Crippen LogP contribution in [0.1, 0.15) is 15.9 Å². The minimum Gasteiger partial charge on any atom is -0.472 e. The second-order valence-corrected chi connectivity index (χ2v) is 4.34. The van der Waals surface area contributed by atoms with E-state index in [2.05, 4.69) is 9.97 Å². The van der Waals surface area contributed by atoms with Crippen molar-refractivity contribution in [2.45, 2.75) is 6.61 Å². The van der Waals surface area contributed by atoms with Gasteiger partial charge in [-0.05, 0) is 17.7 Å². The first kappa shape index (κ1) is 12.3. The zero-order valence-corrected chi connectivity index (χ0v) is 10.7. The quantitative estimate of drug-likeness (QED) is 0.680. The molecule has 98 valence electrons. The minimum absolute atomic E-state index is 0.403. The topological polar surface area (TPSA) is 52.1 Å². The molecule has 4 nitrogen and oxygen atoms in total. The van der Waals surface area contributed by atoms with E-state index in [1.54, 1.807) is 12.1 Å². The number of hydrogen-bond donors (Lipinski definition) is 0. The molecular weight excluding hydrogens is 252 g/mol. The molecule has 0 unspecified atom stereocenters. The van der Waals surface area contributed by atoms with Gasteiger partial charge in [-0.1, -0.05) is 36.4 Å². The van der Waals surface area contributed by atoms with Crippen molar-refractivity contribution < 1.29 is 9.53 Å². The number of para-hydroxylation sites is 1. The average Bonchev–Trinajstić information content (AvgIpc) is 2.53. The van der Waals surface area contributed by atoms with Gasteiger partial charge in [-0.2, -0.15) is 0 Å². The molecule has 1 heterocycles. The standard InChI is InChI=1S/C16H12N2O2/c19-9-12-5-7-13(8-6-12)10-20-16-14-3-1-2-4-15(14)17-11-18-16/h1-9,11H,10H2. The molecule has 20 heavy (non-hydrogen) atoms. The summed E-state index contributed by atoms with van der Waals surface area (Å²) in [7, 11) is 0. The van der Waals surface area contributed by atoms with Crippen LogP contribution in [-0.4, -0.2) is 16.3 Å². The number of aldehydes is 1. The number of aromatic nitrogens is 2. The predicted octanol–water partition coefficient (Wildman–Crippen LogP) is 3.02. The maximum absolute atomic E-state index is 10.6. The van der Waals surface area contributed by atoms with E-state index < -0.39 is 0 Å². The highest BCUT2D eigenvalue weighted by atomic mass is 16.5. The molecule has 3 aromatic rings. The maximum atomic E-state index is 10.6. The van der Waals surface area contributed by atoms with Crippen LogP contribution >= 0.6 is 0 Å². The molecule has 0 N–H and O–H groups in total. The summed E-state index contributed by atoms with van der Waals surface area (Å²) in [5, 5.41) is 0.888. The molecule has 0 atom stereocenters. The summed E-state index contributed by atoms with van der Waals surface area (Å²) in [6, 6.07) is 15.0. The average molecular weight is 264 g/mol. The molecular formula is C16H12N2O2. The second-order valence-electron chi connectivity index (χ2n) is 4.34. The van der Waals surface area contributed by atoms with E-state index in [9.17, 15) is 4.79 Å². The Morgan fingerprint density at radius 3 is 2.60 bits per heavy atom. The number of fused-ring (bicyclic) bond motifs is 1. The Hall–Kier alpha value is -2.75. The summed E-state index contributed by atoms with van der Waals surface area (Å²) in [6.07, 6.45) is 2.32. The van der Waals surface area contributed by atoms with E-state index in [4.69, 9.17) is 4.74 Å². The third-order valence-electron chi connectivity index (χ3n) is 3.00. The number of carbonyl (C=O) groups is 1. The van der Waals surface area contributed by atoms with Crippen molar-refractivity contribution in [2.75, 3.05) is 0 Å². The normalized spacial score (nSPS) is 10.4. The van der Waals surface area contributed by atoms with Crippen molar-refractivity contribution in [3.63, 3.8) is 0 Å². The summed E-state index contributed by atoms with van der Waals surface area (Å²) in [6.45, 7) is 0.403. The fourth-order valence-electron chi connectivity index (χ4n) is 1.94. The third kappa shape index (κ3) is 2.49. The molecule has 0 amide bonds. The molecule has 4 heteroatoms. The molecule has 0 radical (unpaired) electrons. The van der Waals surface area contributed by atoms with E-state index in [1.807, 2.05) is 36.4 Å². The van der Waals surface area contributed by atoms with Crippen LogP contribution in [0.3, 0.4) is 0 Å². The van der Waals surface area contributed by atoms with Gasteiger partial charge in [0.1, 0.15) is 19.2 Å². The summed E-state index contributed by atoms with van der Waals surface area (Å²) >= 11 is 0. The van der Waals surface area contributed by atoms with Crippen molar-refractivity contribution in [1.82, 2.24) is 9.97 Å². The number of hydrogen-bond acceptors (Lipinski definition) is 4. The number of benzene rings is 2. The minimum atomic E-state index is 0.403. The van der Waals surface area contributed by atoms with E-state index >= 15 is 0 Å². The first-order valence-electron chi connectivity index (χ1n) is 6.23. The number of ether oxygens (including phenoxy) is 1. The lowest BCUT2D eigenvalue weighted by Crippen LogP contribution is -1.98. The van der Waals surface area contributed by atoms with Crippen LogP contribution in [0.2, 0.25) is 0 Å². The lowest BCUT2D eigenvalue weighted by atomic mass is 10.1. The number of carbonyl (C=O) groups excluding carboxylic acids is 1. The van der Waals surface area contributed by atoms with Crippen molar-refractivity contribution in [3.8, 4) is 5.88 Å². The zero-order valence-electron chi connectivity index (χ0n) is 10.7. The van der Waals surface area contributed by atoms with Crippen LogP contribution < -0.4 is 4.74 Å². The van der Waals surface area contributed by atoms with E-state index in [-0.39, 0.29) is 0 Å². The first-order valence-corrected chi connectivity index (χ1v) is 6.23. The Labute approximate surface area is 116 Å². The Morgan fingerprint density at radius 1 is 1.00 bits per heavy atom. The molecule has 0 bridgehead atoms. The molecule has 0 saturated carbocycles. The van der Waals surface area contributed by atoms with E-state index in [1.165, 1.54) is 6.33 Å². The SMILES string of the molecule is O=Cc1ccc(COc2ncnc3ccccc23)cc1. The molecule has 0 aliphatic rings. The van der Waals surface area contributed by atoms with Crippen LogP contribution in [0.5, 0.6) is 5.88 Å². The van der Waals surface area contributed by atoms with Crippen molar-refractivity contribution in [3.05, 3.63) is 66.0 Å². The van der Waals surface area contributed by atoms with Crippen molar-refractivity contribution in [2.24, 2.45) is 0 Å². The summed E-state index contributed by atoms with van der Waals surface area (Å²) in [4.78, 5) is 19.0. The van der Waals surface area contributed by atoms with Crippen LogP contribution in [0.15, 0.2) is 54.9 Å². The van der Waals surface area contributed by atoms with E-state index in [0.29, 0.717) is 18.1 Å². The van der Waals surface area contributed by atoms with Gasteiger partial charge in [-0.25, -0.2) is 9.97 Å². The Kier molecular flexibility index (Phi) is 3.37. The monoisotopic (exact) mass is 264 g/mol. The number of rotatable bonds is 4. The highest BCUT2D eigenvalue weighted by Crippen LogP contribution is 2.21. The third-order valence-corrected chi connectivity index (χ3v) is 3.00. The highest BCUT2D eigenvalue weighted by Gasteiger charge is 2.04. The predicted molar refractivity (Wildman–Crippen MR) is 75.7 cm³/mol. The van der Waals surface area contributed by atoms with Gasteiger partial charge in [0.15, 0.2) is 0 Å². The Bertz CT molecular complexity index is 734. The summed E-state index contributed by atoms with van der Waals surface area (Å²) in [5.41, 5.74) is 2.49. The molecule has 0 aliphatic carbocycles. The van der Waals surface area contributed by atoms with E-state index in [0.717, 1.165) is 22.8 Å². The molecule has 0 spiro atoms. The molecule has 3 rings (SSSR count). The molecule has 1 aromatic heterocycles. The zero-order chi connectivity index (χ0) is 13.8. The van der Waals surface area contributed by atoms with Crippen molar-refractivity contribution in [1.29, 1.82) is 0 Å². The molecule has 2 aromatic carbocycles. The van der Waals surface area contributed by atoms with Crippen LogP contribution in [0.4, 0.5) is 0 Å². The highest BCUT2D eigenvalue weighted by molar-refractivity contribution is 5.82. The van der Waals surface area contributed by atoms with Crippen LogP contribution in [0.25, 0.3) is 10.9 Å². The Balaban J connectivity index is 1.81. The molecule has 0 fully saturated rings. The lowest BCUT2D eigenvalue weighted by Gasteiger charge is -2.07. The lowest BCUT2D eigenvalue weighted by molar-refractivity contribution is 0.112. The van der Waals surface area contributed by atoms with Gasteiger partial charge in [0, 0.05) is 5.56 Å². The van der Waals surface area contributed by atoms with Gasteiger partial charge >= 0.3 is 0 Å². The van der Waals surface area contributed by atoms with Gasteiger partial charge in [-0.3, -0.25) is 4.79 Å². The maximum Gasteiger partial charge on any atom is 0.224 e. The van der Waals surface area contributed by atoms with Gasteiger partial charge in [-0.15, -0.1) is 0 Å². The van der Waals surface area contributed by atoms with Gasteiger partial charge < -0.3 is 4.74 Å². The smallest absolute Gasteiger partial charge is 0.224 e. The second kappa shape index (κ2) is 5.48. The van der Waals surface area contributed by atoms with Crippen LogP contribution in [-0.2, 0) is 6.61 Å². The van der Waals surface area contributed by atoms with Crippen molar-refractivity contribution >= 4 is 17.2 Å². The van der Waals surface area contributed by atoms with Gasteiger partial charge in [0.25, 0.3) is 0 Å². The summed E-state index contributed by atoms with van der Waals surface area (Å²) in [5.74, 6) is 0.565. The largest absolute Gasteiger partial charge is 0.472 e. The fraction of sp³-hybridized carbons (Fsp3) is 0.0625. The molecule has 0 aliphatic heterocycles. The first-order chi connectivity index (χ1) is 9.86. The molecule has 0 saturated heterocycles. The van der Waals surface area contributed by atoms with Gasteiger partial charge in [0.2, 0.25) is 5.88 Å². The fourth-order valence-corrected chi connectivity index (χ4v) is 1.94. The summed E-state index contributed by atoms with van der Waals surface area (Å²) < 4.78 is 5.74. The number of nitrogens with zero attached hydrogens (tertiary/aromatic N) is 2. The van der Waals surface area contributed by atoms with Gasteiger partial charge in [0.05, 0.1) is 10.9 Å².